The first-order chi connectivity index (χ1) is 10.0. The predicted molar refractivity (Wildman–Crippen MR) is 85.0 cm³/mol. The van der Waals surface area contributed by atoms with E-state index in [-0.39, 0.29) is 18.6 Å². The highest BCUT2D eigenvalue weighted by Gasteiger charge is 2.15. The van der Waals surface area contributed by atoms with E-state index in [0.717, 1.165) is 5.56 Å². The van der Waals surface area contributed by atoms with Crippen LogP contribution in [0, 0.1) is 0 Å². The van der Waals surface area contributed by atoms with Crippen molar-refractivity contribution in [2.45, 2.75) is 26.3 Å². The number of rotatable bonds is 5. The molecule has 0 aliphatic heterocycles. The number of aliphatic hydroxyl groups excluding tert-OH is 1. The number of nitrogens with one attached hydrogen (secondary N) is 1. The van der Waals surface area contributed by atoms with Crippen LogP contribution in [0.5, 0.6) is 0 Å². The summed E-state index contributed by atoms with van der Waals surface area (Å²) in [7, 11) is 0. The highest BCUT2D eigenvalue weighted by molar-refractivity contribution is 6.31. The smallest absolute Gasteiger partial charge is 0.272 e. The van der Waals surface area contributed by atoms with Crippen molar-refractivity contribution in [3.8, 4) is 0 Å². The van der Waals surface area contributed by atoms with E-state index in [0.29, 0.717) is 22.8 Å². The molecule has 1 heterocycles. The van der Waals surface area contributed by atoms with Gasteiger partial charge in [-0.3, -0.25) is 4.79 Å². The highest BCUT2D eigenvalue weighted by Crippen LogP contribution is 2.20. The third-order valence-electron chi connectivity index (χ3n) is 3.22. The van der Waals surface area contributed by atoms with E-state index in [1.54, 1.807) is 12.3 Å². The molecule has 2 aromatic rings. The largest absolute Gasteiger partial charge is 0.396 e. The van der Waals surface area contributed by atoms with Crippen LogP contribution in [0.2, 0.25) is 5.02 Å². The van der Waals surface area contributed by atoms with Crippen LogP contribution in [0.25, 0.3) is 0 Å². The number of nitrogens with zero attached hydrogens (tertiary/aromatic N) is 1. The van der Waals surface area contributed by atoms with Crippen LogP contribution in [0.4, 0.5) is 5.69 Å². The van der Waals surface area contributed by atoms with Crippen LogP contribution >= 0.6 is 11.6 Å². The minimum atomic E-state index is -0.189. The summed E-state index contributed by atoms with van der Waals surface area (Å²) in [5, 5.41) is 12.3. The predicted octanol–water partition coefficient (Wildman–Crippen LogP) is 3.51. The molecule has 0 radical (unpaired) electrons. The second kappa shape index (κ2) is 6.78. The Morgan fingerprint density at radius 3 is 2.57 bits per heavy atom. The molecule has 0 atom stereocenters. The maximum Gasteiger partial charge on any atom is 0.272 e. The number of amides is 1. The zero-order valence-corrected chi connectivity index (χ0v) is 12.9. The number of halogens is 1. The van der Waals surface area contributed by atoms with Crippen molar-refractivity contribution in [3.05, 3.63) is 52.8 Å². The van der Waals surface area contributed by atoms with Gasteiger partial charge in [0.2, 0.25) is 0 Å². The van der Waals surface area contributed by atoms with E-state index in [9.17, 15) is 4.79 Å². The summed E-state index contributed by atoms with van der Waals surface area (Å²) in [5.74, 6) is -0.189. The molecule has 0 saturated carbocycles. The second-order valence-corrected chi connectivity index (χ2v) is 5.61. The Morgan fingerprint density at radius 2 is 2.00 bits per heavy atom. The fourth-order valence-corrected chi connectivity index (χ4v) is 2.34. The van der Waals surface area contributed by atoms with Gasteiger partial charge < -0.3 is 15.0 Å². The van der Waals surface area contributed by atoms with Crippen LogP contribution in [0.3, 0.4) is 0 Å². The van der Waals surface area contributed by atoms with Crippen molar-refractivity contribution in [1.82, 2.24) is 4.57 Å². The maximum atomic E-state index is 12.3. The van der Waals surface area contributed by atoms with Crippen molar-refractivity contribution in [2.75, 3.05) is 11.9 Å². The lowest BCUT2D eigenvalue weighted by Gasteiger charge is -2.13. The van der Waals surface area contributed by atoms with Crippen LogP contribution in [-0.4, -0.2) is 22.2 Å². The monoisotopic (exact) mass is 306 g/mol. The maximum absolute atomic E-state index is 12.3. The lowest BCUT2D eigenvalue weighted by atomic mass is 10.1. The summed E-state index contributed by atoms with van der Waals surface area (Å²) in [6.07, 6.45) is 2.37. The van der Waals surface area contributed by atoms with E-state index in [1.165, 1.54) is 0 Å². The summed E-state index contributed by atoms with van der Waals surface area (Å²) in [6.45, 7) is 4.11. The van der Waals surface area contributed by atoms with Crippen LogP contribution in [-0.2, 0) is 6.42 Å². The Hall–Kier alpha value is -1.78. The molecule has 0 unspecified atom stereocenters. The molecule has 4 nitrogen and oxygen atoms in total. The molecular formula is C16H19ClN2O2. The lowest BCUT2D eigenvalue weighted by molar-refractivity contribution is 0.101. The minimum absolute atomic E-state index is 0.117. The molecule has 1 aromatic heterocycles. The molecule has 1 amide bonds. The number of anilines is 1. The topological polar surface area (TPSA) is 54.3 Å². The summed E-state index contributed by atoms with van der Waals surface area (Å²) >= 11 is 5.99. The Morgan fingerprint density at radius 1 is 1.33 bits per heavy atom. The Kier molecular flexibility index (Phi) is 5.04. The van der Waals surface area contributed by atoms with Gasteiger partial charge in [0.05, 0.1) is 5.02 Å². The Labute approximate surface area is 129 Å². The van der Waals surface area contributed by atoms with E-state index >= 15 is 0 Å². The number of carbonyl (C=O) groups excluding carboxylic acids is 1. The molecule has 0 spiro atoms. The van der Waals surface area contributed by atoms with Gasteiger partial charge in [0.25, 0.3) is 5.91 Å². The van der Waals surface area contributed by atoms with E-state index in [1.807, 2.05) is 42.7 Å². The Balaban J connectivity index is 2.14. The molecule has 5 heteroatoms. The number of hydrogen-bond donors (Lipinski definition) is 2. The molecule has 0 fully saturated rings. The van der Waals surface area contributed by atoms with Gasteiger partial charge >= 0.3 is 0 Å². The molecule has 2 N–H and O–H groups in total. The van der Waals surface area contributed by atoms with E-state index in [4.69, 9.17) is 16.7 Å². The molecule has 0 aliphatic rings. The number of carbonyl (C=O) groups is 1. The van der Waals surface area contributed by atoms with Crippen molar-refractivity contribution in [3.63, 3.8) is 0 Å². The second-order valence-electron chi connectivity index (χ2n) is 5.17. The average Bonchev–Trinajstić information content (AvgIpc) is 2.84. The molecule has 0 saturated heterocycles. The van der Waals surface area contributed by atoms with Gasteiger partial charge in [-0.2, -0.15) is 0 Å². The van der Waals surface area contributed by atoms with Crippen molar-refractivity contribution in [2.24, 2.45) is 0 Å². The van der Waals surface area contributed by atoms with Crippen LogP contribution in [0.15, 0.2) is 36.5 Å². The van der Waals surface area contributed by atoms with Gasteiger partial charge in [0.15, 0.2) is 0 Å². The van der Waals surface area contributed by atoms with E-state index < -0.39 is 0 Å². The molecule has 1 aromatic carbocycles. The van der Waals surface area contributed by atoms with Gasteiger partial charge in [-0.1, -0.05) is 23.7 Å². The SMILES string of the molecule is CC(C)n1cc(Cl)cc1C(=O)Nc1ccc(CCO)cc1. The summed E-state index contributed by atoms with van der Waals surface area (Å²) < 4.78 is 1.85. The summed E-state index contributed by atoms with van der Waals surface area (Å²) in [6, 6.07) is 9.25. The van der Waals surface area contributed by atoms with Gasteiger partial charge in [-0.05, 0) is 44.0 Å². The quantitative estimate of drug-likeness (QED) is 0.888. The fourth-order valence-electron chi connectivity index (χ4n) is 2.13. The first-order valence-electron chi connectivity index (χ1n) is 6.89. The lowest BCUT2D eigenvalue weighted by Crippen LogP contribution is -2.17. The first-order valence-corrected chi connectivity index (χ1v) is 7.27. The normalized spacial score (nSPS) is 10.9. The zero-order valence-electron chi connectivity index (χ0n) is 12.1. The standard InChI is InChI=1S/C16H19ClN2O2/c1-11(2)19-10-13(17)9-15(19)16(21)18-14-5-3-12(4-6-14)7-8-20/h3-6,9-11,20H,7-8H2,1-2H3,(H,18,21). The summed E-state index contributed by atoms with van der Waals surface area (Å²) in [5.41, 5.74) is 2.29. The third-order valence-corrected chi connectivity index (χ3v) is 3.42. The fraction of sp³-hybridized carbons (Fsp3) is 0.312. The average molecular weight is 307 g/mol. The summed E-state index contributed by atoms with van der Waals surface area (Å²) in [4.78, 5) is 12.3. The number of aliphatic hydroxyl groups is 1. The number of benzene rings is 1. The molecule has 0 aliphatic carbocycles. The minimum Gasteiger partial charge on any atom is -0.396 e. The van der Waals surface area contributed by atoms with Crippen molar-refractivity contribution in [1.29, 1.82) is 0 Å². The van der Waals surface area contributed by atoms with E-state index in [2.05, 4.69) is 5.32 Å². The molecule has 21 heavy (non-hydrogen) atoms. The van der Waals surface area contributed by atoms with Crippen LogP contribution < -0.4 is 5.32 Å². The van der Waals surface area contributed by atoms with Gasteiger partial charge in [-0.25, -0.2) is 0 Å². The molecule has 2 rings (SSSR count). The zero-order chi connectivity index (χ0) is 15.4. The van der Waals surface area contributed by atoms with Crippen molar-refractivity contribution >= 4 is 23.2 Å². The van der Waals surface area contributed by atoms with Gasteiger partial charge in [-0.15, -0.1) is 0 Å². The molecule has 0 bridgehead atoms. The molecular weight excluding hydrogens is 288 g/mol. The molecule has 112 valence electrons. The van der Waals surface area contributed by atoms with Crippen molar-refractivity contribution < 1.29 is 9.90 Å². The third kappa shape index (κ3) is 3.86. The Bertz CT molecular complexity index is 618. The van der Waals surface area contributed by atoms with Crippen LogP contribution in [0.1, 0.15) is 35.9 Å². The number of hydrogen-bond acceptors (Lipinski definition) is 2. The first kappa shape index (κ1) is 15.6. The van der Waals surface area contributed by atoms with Gasteiger partial charge in [0, 0.05) is 24.5 Å². The number of aromatic nitrogens is 1. The van der Waals surface area contributed by atoms with Gasteiger partial charge in [0.1, 0.15) is 5.69 Å². The highest BCUT2D eigenvalue weighted by atomic mass is 35.5.